The Bertz CT molecular complexity index is 556. The van der Waals surface area contributed by atoms with Gasteiger partial charge in [-0.2, -0.15) is 0 Å². The van der Waals surface area contributed by atoms with Crippen molar-refractivity contribution < 1.29 is 14.3 Å². The first-order chi connectivity index (χ1) is 11.6. The summed E-state index contributed by atoms with van der Waals surface area (Å²) in [5.74, 6) is -0.177. The maximum atomic E-state index is 12.4. The van der Waals surface area contributed by atoms with Crippen molar-refractivity contribution in [3.8, 4) is 0 Å². The first-order valence-corrected chi connectivity index (χ1v) is 8.59. The van der Waals surface area contributed by atoms with E-state index >= 15 is 0 Å². The van der Waals surface area contributed by atoms with Gasteiger partial charge in [-0.15, -0.1) is 0 Å². The lowest BCUT2D eigenvalue weighted by Gasteiger charge is -2.27. The van der Waals surface area contributed by atoms with Gasteiger partial charge in [-0.3, -0.25) is 14.5 Å². The predicted octanol–water partition coefficient (Wildman–Crippen LogP) is 1.88. The molecule has 0 aliphatic carbocycles. The number of benzene rings is 1. The second-order valence-corrected chi connectivity index (χ2v) is 6.10. The monoisotopic (exact) mass is 333 g/mol. The van der Waals surface area contributed by atoms with E-state index in [-0.39, 0.29) is 17.9 Å². The Balaban J connectivity index is 1.82. The maximum absolute atomic E-state index is 12.4. The van der Waals surface area contributed by atoms with Gasteiger partial charge in [0.1, 0.15) is 0 Å². The van der Waals surface area contributed by atoms with Crippen molar-refractivity contribution >= 4 is 17.5 Å². The molecule has 0 bridgehead atoms. The van der Waals surface area contributed by atoms with Crippen molar-refractivity contribution in [2.75, 3.05) is 38.2 Å². The molecule has 1 atom stereocenters. The normalized spacial score (nSPS) is 16.4. The molecule has 0 saturated carbocycles. The summed E-state index contributed by atoms with van der Waals surface area (Å²) >= 11 is 0. The fraction of sp³-hybridized carbons (Fsp3) is 0.556. The van der Waals surface area contributed by atoms with E-state index in [2.05, 4.69) is 15.5 Å². The van der Waals surface area contributed by atoms with E-state index in [1.165, 1.54) is 0 Å². The summed E-state index contributed by atoms with van der Waals surface area (Å²) in [7, 11) is 0. The average molecular weight is 333 g/mol. The number of ether oxygens (including phenoxy) is 1. The van der Waals surface area contributed by atoms with Gasteiger partial charge in [-0.25, -0.2) is 0 Å². The Morgan fingerprint density at radius 1 is 1.29 bits per heavy atom. The molecule has 1 aromatic rings. The molecule has 0 radical (unpaired) electrons. The molecule has 6 heteroatoms. The minimum Gasteiger partial charge on any atom is -0.379 e. The van der Waals surface area contributed by atoms with Crippen LogP contribution in [-0.4, -0.2) is 55.6 Å². The van der Waals surface area contributed by atoms with Crippen LogP contribution in [0.4, 0.5) is 5.69 Å². The number of amides is 2. The molecule has 132 valence electrons. The minimum absolute atomic E-state index is 0.0635. The van der Waals surface area contributed by atoms with Crippen molar-refractivity contribution in [1.29, 1.82) is 0 Å². The van der Waals surface area contributed by atoms with E-state index in [0.29, 0.717) is 17.7 Å². The summed E-state index contributed by atoms with van der Waals surface area (Å²) in [6.45, 7) is 8.26. The molecule has 1 heterocycles. The highest BCUT2D eigenvalue weighted by atomic mass is 16.5. The van der Waals surface area contributed by atoms with Gasteiger partial charge in [0.2, 0.25) is 5.91 Å². The third-order valence-corrected chi connectivity index (χ3v) is 4.09. The number of morpholine rings is 1. The van der Waals surface area contributed by atoms with Crippen LogP contribution in [-0.2, 0) is 9.53 Å². The van der Waals surface area contributed by atoms with Gasteiger partial charge < -0.3 is 15.4 Å². The molecule has 1 unspecified atom stereocenters. The molecule has 1 aromatic carbocycles. The number of nitrogens with one attached hydrogen (secondary N) is 2. The van der Waals surface area contributed by atoms with Crippen molar-refractivity contribution in [2.45, 2.75) is 32.7 Å². The van der Waals surface area contributed by atoms with Crippen LogP contribution in [0.25, 0.3) is 0 Å². The van der Waals surface area contributed by atoms with E-state index in [1.54, 1.807) is 31.2 Å². The number of carbonyl (C=O) groups excluding carboxylic acids is 2. The highest BCUT2D eigenvalue weighted by Crippen LogP contribution is 2.11. The summed E-state index contributed by atoms with van der Waals surface area (Å²) < 4.78 is 5.33. The Kier molecular flexibility index (Phi) is 7.21. The molecule has 24 heavy (non-hydrogen) atoms. The highest BCUT2D eigenvalue weighted by molar-refractivity contribution is 5.97. The molecule has 6 nitrogen and oxygen atoms in total. The molecule has 1 aliphatic heterocycles. The Morgan fingerprint density at radius 2 is 2.04 bits per heavy atom. The molecule has 2 rings (SSSR count). The second kappa shape index (κ2) is 9.39. The van der Waals surface area contributed by atoms with E-state index in [0.717, 1.165) is 39.3 Å². The lowest BCUT2D eigenvalue weighted by molar-refractivity contribution is -0.115. The standard InChI is InChI=1S/C18H27N3O3/c1-3-17(22)20-16-6-4-5-15(13-16)18(23)19-14(2)7-8-21-9-11-24-12-10-21/h4-6,13-14H,3,7-12H2,1-2H3,(H,19,23)(H,20,22). The predicted molar refractivity (Wildman–Crippen MR) is 94.2 cm³/mol. The van der Waals surface area contributed by atoms with Crippen LogP contribution < -0.4 is 10.6 Å². The molecular weight excluding hydrogens is 306 g/mol. The molecule has 2 N–H and O–H groups in total. The molecule has 2 amide bonds. The topological polar surface area (TPSA) is 70.7 Å². The highest BCUT2D eigenvalue weighted by Gasteiger charge is 2.14. The van der Waals surface area contributed by atoms with Gasteiger partial charge in [0.15, 0.2) is 0 Å². The summed E-state index contributed by atoms with van der Waals surface area (Å²) in [5.41, 5.74) is 1.21. The first-order valence-electron chi connectivity index (χ1n) is 8.59. The third kappa shape index (κ3) is 5.94. The third-order valence-electron chi connectivity index (χ3n) is 4.09. The summed E-state index contributed by atoms with van der Waals surface area (Å²) in [4.78, 5) is 26.2. The number of rotatable bonds is 7. The van der Waals surface area contributed by atoms with E-state index in [4.69, 9.17) is 4.74 Å². The first kappa shape index (κ1) is 18.4. The maximum Gasteiger partial charge on any atom is 0.251 e. The van der Waals surface area contributed by atoms with E-state index < -0.39 is 0 Å². The second-order valence-electron chi connectivity index (χ2n) is 6.10. The fourth-order valence-electron chi connectivity index (χ4n) is 2.57. The van der Waals surface area contributed by atoms with Crippen LogP contribution in [0.3, 0.4) is 0 Å². The van der Waals surface area contributed by atoms with Crippen molar-refractivity contribution in [1.82, 2.24) is 10.2 Å². The largest absolute Gasteiger partial charge is 0.379 e. The van der Waals surface area contributed by atoms with Gasteiger partial charge in [0, 0.05) is 43.3 Å². The molecule has 1 aliphatic rings. The van der Waals surface area contributed by atoms with E-state index in [1.807, 2.05) is 6.92 Å². The molecular formula is C18H27N3O3. The average Bonchev–Trinajstić information content (AvgIpc) is 2.61. The lowest BCUT2D eigenvalue weighted by Crippen LogP contribution is -2.40. The van der Waals surface area contributed by atoms with Crippen molar-refractivity contribution in [2.24, 2.45) is 0 Å². The number of anilines is 1. The van der Waals surface area contributed by atoms with Crippen molar-refractivity contribution in [3.63, 3.8) is 0 Å². The molecule has 1 fully saturated rings. The summed E-state index contributed by atoms with van der Waals surface area (Å²) in [5, 5.41) is 5.79. The molecule has 0 aromatic heterocycles. The van der Waals surface area contributed by atoms with Gasteiger partial charge in [0.05, 0.1) is 13.2 Å². The lowest BCUT2D eigenvalue weighted by atomic mass is 10.1. The number of hydrogen-bond acceptors (Lipinski definition) is 4. The Hall–Kier alpha value is -1.92. The number of hydrogen-bond donors (Lipinski definition) is 2. The SMILES string of the molecule is CCC(=O)Nc1cccc(C(=O)NC(C)CCN2CCOCC2)c1. The van der Waals surface area contributed by atoms with Crippen molar-refractivity contribution in [3.05, 3.63) is 29.8 Å². The van der Waals surface area contributed by atoms with Crippen LogP contribution in [0.2, 0.25) is 0 Å². The van der Waals surface area contributed by atoms with Crippen LogP contribution in [0.1, 0.15) is 37.0 Å². The Labute approximate surface area is 143 Å². The summed E-state index contributed by atoms with van der Waals surface area (Å²) in [6, 6.07) is 7.11. The van der Waals surface area contributed by atoms with Gasteiger partial charge >= 0.3 is 0 Å². The fourth-order valence-corrected chi connectivity index (χ4v) is 2.57. The van der Waals surface area contributed by atoms with Crippen LogP contribution >= 0.6 is 0 Å². The van der Waals surface area contributed by atoms with Gasteiger partial charge in [-0.1, -0.05) is 13.0 Å². The Morgan fingerprint density at radius 3 is 2.75 bits per heavy atom. The molecule has 0 spiro atoms. The number of nitrogens with zero attached hydrogens (tertiary/aromatic N) is 1. The van der Waals surface area contributed by atoms with Crippen LogP contribution in [0.15, 0.2) is 24.3 Å². The zero-order valence-corrected chi connectivity index (χ0v) is 14.5. The summed E-state index contributed by atoms with van der Waals surface area (Å²) in [6.07, 6.45) is 1.31. The zero-order valence-electron chi connectivity index (χ0n) is 14.5. The minimum atomic E-state index is -0.114. The quantitative estimate of drug-likeness (QED) is 0.799. The van der Waals surface area contributed by atoms with Gasteiger partial charge in [0.25, 0.3) is 5.91 Å². The molecule has 1 saturated heterocycles. The van der Waals surface area contributed by atoms with E-state index in [9.17, 15) is 9.59 Å². The van der Waals surface area contributed by atoms with Gasteiger partial charge in [-0.05, 0) is 31.5 Å². The van der Waals surface area contributed by atoms with Crippen LogP contribution in [0.5, 0.6) is 0 Å². The zero-order chi connectivity index (χ0) is 17.4. The number of carbonyl (C=O) groups is 2. The van der Waals surface area contributed by atoms with Crippen LogP contribution in [0, 0.1) is 0 Å². The smallest absolute Gasteiger partial charge is 0.251 e.